The SMILES string of the molecule is CCc1nnc(CN2CC(C(=O)O)CCC23CCCCC3)s1. The molecule has 1 spiro atoms. The first kappa shape index (κ1) is 15.9. The molecule has 0 amide bonds. The van der Waals surface area contributed by atoms with Crippen molar-refractivity contribution in [3.8, 4) is 0 Å². The molecule has 5 nitrogen and oxygen atoms in total. The van der Waals surface area contributed by atoms with Crippen LogP contribution in [-0.4, -0.2) is 38.3 Å². The zero-order chi connectivity index (χ0) is 15.6. The molecule has 3 rings (SSSR count). The quantitative estimate of drug-likeness (QED) is 0.922. The minimum absolute atomic E-state index is 0.211. The maximum absolute atomic E-state index is 11.4. The second-order valence-electron chi connectivity index (χ2n) is 6.68. The van der Waals surface area contributed by atoms with E-state index in [0.717, 1.165) is 35.8 Å². The zero-order valence-electron chi connectivity index (χ0n) is 13.3. The van der Waals surface area contributed by atoms with E-state index in [1.54, 1.807) is 11.3 Å². The van der Waals surface area contributed by atoms with Crippen LogP contribution in [0.25, 0.3) is 0 Å². The molecule has 2 aliphatic rings. The third kappa shape index (κ3) is 3.18. The van der Waals surface area contributed by atoms with Gasteiger partial charge >= 0.3 is 5.97 Å². The Morgan fingerprint density at radius 2 is 2.00 bits per heavy atom. The first-order valence-electron chi connectivity index (χ1n) is 8.42. The molecule has 1 aromatic rings. The van der Waals surface area contributed by atoms with Crippen molar-refractivity contribution in [3.05, 3.63) is 10.0 Å². The average Bonchev–Trinajstić information content (AvgIpc) is 2.98. The van der Waals surface area contributed by atoms with Gasteiger partial charge in [0.25, 0.3) is 0 Å². The summed E-state index contributed by atoms with van der Waals surface area (Å²) in [5.41, 5.74) is 0.211. The number of piperidine rings is 1. The molecule has 1 aliphatic carbocycles. The number of likely N-dealkylation sites (tertiary alicyclic amines) is 1. The Hall–Kier alpha value is -1.01. The summed E-state index contributed by atoms with van der Waals surface area (Å²) in [5.74, 6) is -0.881. The molecule has 1 unspecified atom stereocenters. The zero-order valence-corrected chi connectivity index (χ0v) is 14.1. The van der Waals surface area contributed by atoms with Crippen molar-refractivity contribution in [1.82, 2.24) is 15.1 Å². The van der Waals surface area contributed by atoms with E-state index >= 15 is 0 Å². The normalized spacial score (nSPS) is 25.4. The maximum Gasteiger partial charge on any atom is 0.307 e. The van der Waals surface area contributed by atoms with E-state index in [2.05, 4.69) is 22.0 Å². The van der Waals surface area contributed by atoms with Crippen molar-refractivity contribution in [2.45, 2.75) is 70.4 Å². The lowest BCUT2D eigenvalue weighted by Gasteiger charge is -2.50. The number of carboxylic acid groups (broad SMARTS) is 1. The predicted octanol–water partition coefficient (Wildman–Crippen LogP) is 3.10. The maximum atomic E-state index is 11.4. The van der Waals surface area contributed by atoms with Crippen LogP contribution in [0.3, 0.4) is 0 Å². The summed E-state index contributed by atoms with van der Waals surface area (Å²) in [5, 5.41) is 20.0. The fourth-order valence-electron chi connectivity index (χ4n) is 4.02. The largest absolute Gasteiger partial charge is 0.481 e. The molecule has 2 fully saturated rings. The second kappa shape index (κ2) is 6.62. The average molecular weight is 323 g/mol. The highest BCUT2D eigenvalue weighted by atomic mass is 32.1. The Labute approximate surface area is 135 Å². The number of carboxylic acids is 1. The molecule has 1 saturated carbocycles. The minimum atomic E-state index is -0.651. The molecule has 0 aromatic carbocycles. The van der Waals surface area contributed by atoms with Crippen LogP contribution in [0.2, 0.25) is 0 Å². The standard InChI is InChI=1S/C16H25N3O2S/c1-2-13-17-18-14(22-13)11-19-10-12(15(20)21)6-9-16(19)7-4-3-5-8-16/h12H,2-11H2,1H3,(H,20,21). The summed E-state index contributed by atoms with van der Waals surface area (Å²) in [6.45, 7) is 3.52. The fourth-order valence-corrected chi connectivity index (χ4v) is 4.82. The Morgan fingerprint density at radius 3 is 2.64 bits per heavy atom. The van der Waals surface area contributed by atoms with E-state index in [4.69, 9.17) is 0 Å². The van der Waals surface area contributed by atoms with Crippen LogP contribution in [0.4, 0.5) is 0 Å². The van der Waals surface area contributed by atoms with Crippen molar-refractivity contribution in [2.24, 2.45) is 5.92 Å². The molecule has 22 heavy (non-hydrogen) atoms. The topological polar surface area (TPSA) is 66.3 Å². The number of rotatable bonds is 4. The highest BCUT2D eigenvalue weighted by molar-refractivity contribution is 7.11. The molecule has 1 atom stereocenters. The van der Waals surface area contributed by atoms with Crippen LogP contribution in [-0.2, 0) is 17.8 Å². The fraction of sp³-hybridized carbons (Fsp3) is 0.812. The molecule has 1 saturated heterocycles. The summed E-state index contributed by atoms with van der Waals surface area (Å²) in [6, 6.07) is 0. The second-order valence-corrected chi connectivity index (χ2v) is 7.83. The summed E-state index contributed by atoms with van der Waals surface area (Å²) >= 11 is 1.67. The molecule has 1 aliphatic heterocycles. The van der Waals surface area contributed by atoms with Crippen LogP contribution >= 0.6 is 11.3 Å². The number of carbonyl (C=O) groups is 1. The lowest BCUT2D eigenvalue weighted by atomic mass is 9.72. The van der Waals surface area contributed by atoms with Gasteiger partial charge in [-0.3, -0.25) is 9.69 Å². The van der Waals surface area contributed by atoms with Gasteiger partial charge in [0.05, 0.1) is 12.5 Å². The van der Waals surface area contributed by atoms with E-state index in [1.165, 1.54) is 32.1 Å². The predicted molar refractivity (Wildman–Crippen MR) is 85.9 cm³/mol. The molecular weight excluding hydrogens is 298 g/mol. The van der Waals surface area contributed by atoms with Gasteiger partial charge in [-0.15, -0.1) is 21.5 Å². The molecule has 0 bridgehead atoms. The van der Waals surface area contributed by atoms with Crippen LogP contribution in [0.15, 0.2) is 0 Å². The van der Waals surface area contributed by atoms with Gasteiger partial charge in [-0.05, 0) is 32.1 Å². The Morgan fingerprint density at radius 1 is 1.27 bits per heavy atom. The first-order valence-corrected chi connectivity index (χ1v) is 9.24. The van der Waals surface area contributed by atoms with E-state index in [-0.39, 0.29) is 11.5 Å². The number of aromatic nitrogens is 2. The van der Waals surface area contributed by atoms with Crippen molar-refractivity contribution < 1.29 is 9.90 Å². The van der Waals surface area contributed by atoms with Gasteiger partial charge in [-0.2, -0.15) is 0 Å². The lowest BCUT2D eigenvalue weighted by molar-refractivity contribution is -0.146. The number of aliphatic carboxylic acids is 1. The Kier molecular flexibility index (Phi) is 4.78. The van der Waals surface area contributed by atoms with Crippen LogP contribution in [0, 0.1) is 5.92 Å². The van der Waals surface area contributed by atoms with Gasteiger partial charge in [-0.25, -0.2) is 0 Å². The third-order valence-corrected chi connectivity index (χ3v) is 6.39. The summed E-state index contributed by atoms with van der Waals surface area (Å²) in [4.78, 5) is 13.8. The van der Waals surface area contributed by atoms with Crippen LogP contribution in [0.1, 0.15) is 61.9 Å². The van der Waals surface area contributed by atoms with Gasteiger partial charge in [0.15, 0.2) is 0 Å². The van der Waals surface area contributed by atoms with Crippen molar-refractivity contribution in [2.75, 3.05) is 6.54 Å². The van der Waals surface area contributed by atoms with Gasteiger partial charge in [0.1, 0.15) is 10.0 Å². The molecule has 122 valence electrons. The van der Waals surface area contributed by atoms with E-state index in [9.17, 15) is 9.90 Å². The minimum Gasteiger partial charge on any atom is -0.481 e. The summed E-state index contributed by atoms with van der Waals surface area (Å²) < 4.78 is 0. The highest BCUT2D eigenvalue weighted by Crippen LogP contribution is 2.42. The summed E-state index contributed by atoms with van der Waals surface area (Å²) in [7, 11) is 0. The number of aryl methyl sites for hydroxylation is 1. The molecule has 1 aromatic heterocycles. The first-order chi connectivity index (χ1) is 10.6. The van der Waals surface area contributed by atoms with Gasteiger partial charge < -0.3 is 5.11 Å². The third-order valence-electron chi connectivity index (χ3n) is 5.34. The number of hydrogen-bond donors (Lipinski definition) is 1. The van der Waals surface area contributed by atoms with Gasteiger partial charge in [0, 0.05) is 12.1 Å². The molecular formula is C16H25N3O2S. The Bertz CT molecular complexity index is 525. The van der Waals surface area contributed by atoms with Crippen LogP contribution in [0.5, 0.6) is 0 Å². The highest BCUT2D eigenvalue weighted by Gasteiger charge is 2.44. The number of hydrogen-bond acceptors (Lipinski definition) is 5. The van der Waals surface area contributed by atoms with Gasteiger partial charge in [0.2, 0.25) is 0 Å². The molecule has 6 heteroatoms. The lowest BCUT2D eigenvalue weighted by Crippen LogP contribution is -2.55. The monoisotopic (exact) mass is 323 g/mol. The molecule has 0 radical (unpaired) electrons. The van der Waals surface area contributed by atoms with Crippen molar-refractivity contribution >= 4 is 17.3 Å². The van der Waals surface area contributed by atoms with E-state index < -0.39 is 5.97 Å². The van der Waals surface area contributed by atoms with Gasteiger partial charge in [-0.1, -0.05) is 26.2 Å². The van der Waals surface area contributed by atoms with E-state index in [1.807, 2.05) is 0 Å². The van der Waals surface area contributed by atoms with E-state index in [0.29, 0.717) is 6.54 Å². The van der Waals surface area contributed by atoms with Crippen molar-refractivity contribution in [1.29, 1.82) is 0 Å². The number of nitrogens with zero attached hydrogens (tertiary/aromatic N) is 3. The summed E-state index contributed by atoms with van der Waals surface area (Å²) in [6.07, 6.45) is 9.02. The van der Waals surface area contributed by atoms with Crippen LogP contribution < -0.4 is 0 Å². The molecule has 1 N–H and O–H groups in total. The smallest absolute Gasteiger partial charge is 0.307 e. The molecule has 2 heterocycles. The van der Waals surface area contributed by atoms with Crippen molar-refractivity contribution in [3.63, 3.8) is 0 Å². The Balaban J connectivity index is 1.78.